The summed E-state index contributed by atoms with van der Waals surface area (Å²) in [7, 11) is 0. The zero-order chi connectivity index (χ0) is 28.6. The molecule has 4 rings (SSSR count). The quantitative estimate of drug-likeness (QED) is 0.361. The summed E-state index contributed by atoms with van der Waals surface area (Å²) in [6, 6.07) is 17.2. The maximum absolute atomic E-state index is 14.3. The number of nitrogens with one attached hydrogen (secondary N) is 1. The summed E-state index contributed by atoms with van der Waals surface area (Å²) in [5, 5.41) is 3.10. The number of nitrogens with two attached hydrogens (primary N) is 1. The highest BCUT2D eigenvalue weighted by Crippen LogP contribution is 2.39. The molecule has 0 bridgehead atoms. The average molecular weight is 545 g/mol. The molecule has 7 nitrogen and oxygen atoms in total. The van der Waals surface area contributed by atoms with Crippen molar-refractivity contribution in [2.45, 2.75) is 64.8 Å². The van der Waals surface area contributed by atoms with E-state index in [0.717, 1.165) is 29.9 Å². The summed E-state index contributed by atoms with van der Waals surface area (Å²) >= 11 is 0. The molecule has 0 saturated heterocycles. The summed E-state index contributed by atoms with van der Waals surface area (Å²) in [5.74, 6) is -1.69. The monoisotopic (exact) mass is 544 g/mol. The molecule has 1 saturated carbocycles. The third-order valence-electron chi connectivity index (χ3n) is 8.28. The van der Waals surface area contributed by atoms with Crippen LogP contribution in [0, 0.1) is 23.7 Å². The van der Waals surface area contributed by atoms with Gasteiger partial charge in [0.1, 0.15) is 6.04 Å². The van der Waals surface area contributed by atoms with Gasteiger partial charge in [-0.25, -0.2) is 0 Å². The van der Waals surface area contributed by atoms with Crippen LogP contribution in [0.15, 0.2) is 67.3 Å². The van der Waals surface area contributed by atoms with Crippen molar-refractivity contribution in [1.29, 1.82) is 0 Å². The van der Waals surface area contributed by atoms with Crippen molar-refractivity contribution >= 4 is 34.8 Å². The lowest BCUT2D eigenvalue weighted by molar-refractivity contribution is -0.135. The molecule has 1 fully saturated rings. The first kappa shape index (κ1) is 29.4. The molecule has 1 aliphatic heterocycles. The summed E-state index contributed by atoms with van der Waals surface area (Å²) in [4.78, 5) is 44.7. The molecule has 1 heterocycles. The highest BCUT2D eigenvalue weighted by Gasteiger charge is 2.39. The fraction of sp³-hybridized carbons (Fsp3) is 0.485. The molecule has 7 heteroatoms. The standard InChI is InChI=1S/C33H44N4O3/c1-4-13-26(31(34)38)27(20-23(2)3)32(39)35-28-22-36(25-16-9-6-10-17-25)29-18-11-12-19-30(29)37(33(28)40)21-24-14-7-5-8-15-24/h4,6,9-12,16-19,23-24,26-28H,1,5,7-8,13-15,20-22H2,2-3H3,(H2,34,38)(H,35,39)/t26-,27+,28?/m0/s1. The van der Waals surface area contributed by atoms with E-state index in [1.54, 1.807) is 6.08 Å². The molecule has 0 aromatic heterocycles. The number of carbonyl (C=O) groups is 3. The van der Waals surface area contributed by atoms with Crippen LogP contribution >= 0.6 is 0 Å². The van der Waals surface area contributed by atoms with Crippen LogP contribution in [0.1, 0.15) is 58.8 Å². The van der Waals surface area contributed by atoms with Gasteiger partial charge in [-0.2, -0.15) is 0 Å². The van der Waals surface area contributed by atoms with Gasteiger partial charge in [0, 0.05) is 12.2 Å². The molecule has 3 N–H and O–H groups in total. The summed E-state index contributed by atoms with van der Waals surface area (Å²) in [5.41, 5.74) is 8.50. The fourth-order valence-electron chi connectivity index (χ4n) is 6.26. The lowest BCUT2D eigenvalue weighted by atomic mass is 9.82. The fourth-order valence-corrected chi connectivity index (χ4v) is 6.26. The van der Waals surface area contributed by atoms with Gasteiger partial charge in [-0.1, -0.05) is 69.5 Å². The van der Waals surface area contributed by atoms with E-state index >= 15 is 0 Å². The number of primary amides is 1. The van der Waals surface area contributed by atoms with Crippen LogP contribution in [0.3, 0.4) is 0 Å². The van der Waals surface area contributed by atoms with E-state index in [9.17, 15) is 14.4 Å². The number of para-hydroxylation sites is 3. The van der Waals surface area contributed by atoms with Crippen molar-refractivity contribution in [2.24, 2.45) is 29.4 Å². The van der Waals surface area contributed by atoms with E-state index in [-0.39, 0.29) is 24.3 Å². The molecule has 214 valence electrons. The highest BCUT2D eigenvalue weighted by molar-refractivity contribution is 6.04. The predicted octanol–water partition coefficient (Wildman–Crippen LogP) is 5.58. The summed E-state index contributed by atoms with van der Waals surface area (Å²) in [6.07, 6.45) is 8.24. The third-order valence-corrected chi connectivity index (χ3v) is 8.28. The van der Waals surface area contributed by atoms with Crippen LogP contribution in [0.2, 0.25) is 0 Å². The molecule has 3 atom stereocenters. The largest absolute Gasteiger partial charge is 0.369 e. The van der Waals surface area contributed by atoms with E-state index in [2.05, 4.69) is 16.8 Å². The Morgan fingerprint density at radius 2 is 1.65 bits per heavy atom. The maximum atomic E-state index is 14.3. The Morgan fingerprint density at radius 1 is 1.00 bits per heavy atom. The maximum Gasteiger partial charge on any atom is 0.251 e. The summed E-state index contributed by atoms with van der Waals surface area (Å²) in [6.45, 7) is 8.71. The lowest BCUT2D eigenvalue weighted by Crippen LogP contribution is -2.55. The van der Waals surface area contributed by atoms with Gasteiger partial charge in [0.25, 0.3) is 5.91 Å². The number of allylic oxidation sites excluding steroid dienone is 1. The normalized spacial score (nSPS) is 19.5. The Labute approximate surface area is 238 Å². The number of hydrogen-bond acceptors (Lipinski definition) is 4. The number of carbonyl (C=O) groups excluding carboxylic acids is 3. The molecule has 3 amide bonds. The molecule has 0 radical (unpaired) electrons. The Bertz CT molecular complexity index is 1180. The Morgan fingerprint density at radius 3 is 2.27 bits per heavy atom. The second-order valence-electron chi connectivity index (χ2n) is 11.7. The first-order valence-electron chi connectivity index (χ1n) is 14.7. The van der Waals surface area contributed by atoms with Gasteiger partial charge in [0.2, 0.25) is 11.8 Å². The molecule has 2 aliphatic rings. The lowest BCUT2D eigenvalue weighted by Gasteiger charge is -2.32. The van der Waals surface area contributed by atoms with Crippen LogP contribution in [0.25, 0.3) is 0 Å². The van der Waals surface area contributed by atoms with Gasteiger partial charge in [0.05, 0.1) is 29.8 Å². The minimum Gasteiger partial charge on any atom is -0.369 e. The number of nitrogens with zero attached hydrogens (tertiary/aromatic N) is 2. The van der Waals surface area contributed by atoms with Gasteiger partial charge >= 0.3 is 0 Å². The van der Waals surface area contributed by atoms with Crippen LogP contribution in [0.4, 0.5) is 17.1 Å². The van der Waals surface area contributed by atoms with Crippen molar-refractivity contribution in [3.63, 3.8) is 0 Å². The average Bonchev–Trinajstić information content (AvgIpc) is 3.06. The van der Waals surface area contributed by atoms with Crippen molar-refractivity contribution < 1.29 is 14.4 Å². The molecule has 1 aliphatic carbocycles. The Hall–Kier alpha value is -3.61. The van der Waals surface area contributed by atoms with E-state index in [1.165, 1.54) is 19.3 Å². The highest BCUT2D eigenvalue weighted by atomic mass is 16.2. The number of amides is 3. The number of fused-ring (bicyclic) bond motifs is 1. The molecular weight excluding hydrogens is 500 g/mol. The third kappa shape index (κ3) is 6.93. The van der Waals surface area contributed by atoms with Crippen molar-refractivity contribution in [3.05, 3.63) is 67.3 Å². The smallest absolute Gasteiger partial charge is 0.251 e. The van der Waals surface area contributed by atoms with Crippen LogP contribution < -0.4 is 20.9 Å². The minimum atomic E-state index is -0.796. The van der Waals surface area contributed by atoms with Gasteiger partial charge in [-0.15, -0.1) is 6.58 Å². The molecule has 0 spiro atoms. The second-order valence-corrected chi connectivity index (χ2v) is 11.7. The van der Waals surface area contributed by atoms with E-state index in [0.29, 0.717) is 25.3 Å². The van der Waals surface area contributed by atoms with Crippen molar-refractivity contribution in [3.8, 4) is 0 Å². The Balaban J connectivity index is 1.72. The van der Waals surface area contributed by atoms with Gasteiger partial charge in [-0.3, -0.25) is 14.4 Å². The first-order valence-corrected chi connectivity index (χ1v) is 14.7. The molecule has 40 heavy (non-hydrogen) atoms. The number of hydrogen-bond donors (Lipinski definition) is 2. The topological polar surface area (TPSA) is 95.7 Å². The van der Waals surface area contributed by atoms with Gasteiger partial charge in [0.15, 0.2) is 0 Å². The van der Waals surface area contributed by atoms with Crippen LogP contribution in [0.5, 0.6) is 0 Å². The first-order chi connectivity index (χ1) is 19.3. The van der Waals surface area contributed by atoms with E-state index < -0.39 is 23.8 Å². The number of rotatable bonds is 11. The molecule has 2 aromatic carbocycles. The zero-order valence-corrected chi connectivity index (χ0v) is 23.9. The molecular formula is C33H44N4O3. The predicted molar refractivity (Wildman–Crippen MR) is 161 cm³/mol. The van der Waals surface area contributed by atoms with Crippen LogP contribution in [-0.2, 0) is 14.4 Å². The van der Waals surface area contributed by atoms with Crippen LogP contribution in [-0.4, -0.2) is 36.9 Å². The zero-order valence-electron chi connectivity index (χ0n) is 23.9. The van der Waals surface area contributed by atoms with E-state index in [1.807, 2.05) is 73.3 Å². The van der Waals surface area contributed by atoms with Crippen molar-refractivity contribution in [1.82, 2.24) is 5.32 Å². The number of anilines is 3. The molecule has 1 unspecified atom stereocenters. The summed E-state index contributed by atoms with van der Waals surface area (Å²) < 4.78 is 0. The van der Waals surface area contributed by atoms with E-state index in [4.69, 9.17) is 5.73 Å². The SMILES string of the molecule is C=CC[C@H](C(N)=O)[C@@H](CC(C)C)C(=O)NC1CN(c2ccccc2)c2ccccc2N(CC2CCCCC2)C1=O. The Kier molecular flexibility index (Phi) is 10.0. The molecule has 2 aromatic rings. The van der Waals surface area contributed by atoms with Gasteiger partial charge in [-0.05, 0) is 61.8 Å². The number of benzene rings is 2. The second kappa shape index (κ2) is 13.6. The van der Waals surface area contributed by atoms with Gasteiger partial charge < -0.3 is 20.9 Å². The van der Waals surface area contributed by atoms with Crippen molar-refractivity contribution in [2.75, 3.05) is 22.9 Å². The minimum absolute atomic E-state index is 0.118.